The van der Waals surface area contributed by atoms with E-state index in [0.29, 0.717) is 18.0 Å². The summed E-state index contributed by atoms with van der Waals surface area (Å²) in [5.74, 6) is -0.406. The molecule has 0 aliphatic carbocycles. The molecule has 1 amide bonds. The SMILES string of the molecule is Cc1noc(C)c1CC(=O)N(CC(=O)O)CC(C)C. The summed E-state index contributed by atoms with van der Waals surface area (Å²) in [5, 5.41) is 12.6. The molecule has 1 rings (SSSR count). The summed E-state index contributed by atoms with van der Waals surface area (Å²) in [6, 6.07) is 0. The van der Waals surface area contributed by atoms with E-state index in [2.05, 4.69) is 5.16 Å². The smallest absolute Gasteiger partial charge is 0.323 e. The van der Waals surface area contributed by atoms with Gasteiger partial charge in [0.1, 0.15) is 12.3 Å². The van der Waals surface area contributed by atoms with Gasteiger partial charge in [-0.1, -0.05) is 19.0 Å². The molecule has 106 valence electrons. The first-order valence-corrected chi connectivity index (χ1v) is 6.22. The number of hydrogen-bond acceptors (Lipinski definition) is 4. The van der Waals surface area contributed by atoms with E-state index in [0.717, 1.165) is 5.56 Å². The van der Waals surface area contributed by atoms with Gasteiger partial charge in [-0.25, -0.2) is 0 Å². The second-order valence-corrected chi connectivity index (χ2v) is 5.04. The van der Waals surface area contributed by atoms with E-state index in [1.807, 2.05) is 13.8 Å². The number of carboxylic acids is 1. The Morgan fingerprint density at radius 3 is 2.42 bits per heavy atom. The number of hydrogen-bond donors (Lipinski definition) is 1. The molecule has 0 saturated heterocycles. The highest BCUT2D eigenvalue weighted by molar-refractivity contribution is 5.83. The zero-order valence-corrected chi connectivity index (χ0v) is 11.8. The molecule has 0 saturated carbocycles. The summed E-state index contributed by atoms with van der Waals surface area (Å²) >= 11 is 0. The Balaban J connectivity index is 2.79. The number of rotatable bonds is 6. The van der Waals surface area contributed by atoms with Crippen LogP contribution >= 0.6 is 0 Å². The molecule has 0 spiro atoms. The maximum atomic E-state index is 12.2. The number of carbonyl (C=O) groups is 2. The highest BCUT2D eigenvalue weighted by Crippen LogP contribution is 2.14. The van der Waals surface area contributed by atoms with Crippen molar-refractivity contribution in [2.45, 2.75) is 34.1 Å². The molecular formula is C13H20N2O4. The highest BCUT2D eigenvalue weighted by Gasteiger charge is 2.21. The van der Waals surface area contributed by atoms with Crippen LogP contribution in [0.2, 0.25) is 0 Å². The number of amides is 1. The van der Waals surface area contributed by atoms with E-state index in [-0.39, 0.29) is 24.8 Å². The van der Waals surface area contributed by atoms with Crippen molar-refractivity contribution < 1.29 is 19.2 Å². The van der Waals surface area contributed by atoms with Gasteiger partial charge >= 0.3 is 5.97 Å². The lowest BCUT2D eigenvalue weighted by Crippen LogP contribution is -2.39. The Morgan fingerprint density at radius 1 is 1.37 bits per heavy atom. The summed E-state index contributed by atoms with van der Waals surface area (Å²) < 4.78 is 5.00. The molecule has 6 nitrogen and oxygen atoms in total. The lowest BCUT2D eigenvalue weighted by molar-refractivity contribution is -0.144. The van der Waals surface area contributed by atoms with E-state index in [1.54, 1.807) is 13.8 Å². The molecule has 0 fully saturated rings. The van der Waals surface area contributed by atoms with Crippen LogP contribution in [0, 0.1) is 19.8 Å². The van der Waals surface area contributed by atoms with Crippen molar-refractivity contribution >= 4 is 11.9 Å². The van der Waals surface area contributed by atoms with Gasteiger partial charge in [0.25, 0.3) is 0 Å². The van der Waals surface area contributed by atoms with Gasteiger partial charge in [-0.05, 0) is 19.8 Å². The third kappa shape index (κ3) is 4.39. The monoisotopic (exact) mass is 268 g/mol. The molecular weight excluding hydrogens is 248 g/mol. The minimum Gasteiger partial charge on any atom is -0.480 e. The van der Waals surface area contributed by atoms with Gasteiger partial charge in [-0.2, -0.15) is 0 Å². The Bertz CT molecular complexity index is 446. The Morgan fingerprint density at radius 2 is 2.00 bits per heavy atom. The second kappa shape index (κ2) is 6.36. The van der Waals surface area contributed by atoms with Crippen molar-refractivity contribution in [1.82, 2.24) is 10.1 Å². The van der Waals surface area contributed by atoms with Gasteiger partial charge in [-0.3, -0.25) is 9.59 Å². The fraction of sp³-hybridized carbons (Fsp3) is 0.615. The quantitative estimate of drug-likeness (QED) is 0.843. The van der Waals surface area contributed by atoms with Crippen LogP contribution in [0.4, 0.5) is 0 Å². The number of aryl methyl sites for hydroxylation is 2. The van der Waals surface area contributed by atoms with E-state index in [4.69, 9.17) is 9.63 Å². The van der Waals surface area contributed by atoms with E-state index >= 15 is 0 Å². The first-order chi connectivity index (χ1) is 8.81. The largest absolute Gasteiger partial charge is 0.480 e. The van der Waals surface area contributed by atoms with Gasteiger partial charge in [0.15, 0.2) is 0 Å². The summed E-state index contributed by atoms with van der Waals surface area (Å²) in [5.41, 5.74) is 1.41. The van der Waals surface area contributed by atoms with Crippen LogP contribution in [0.3, 0.4) is 0 Å². The van der Waals surface area contributed by atoms with E-state index in [1.165, 1.54) is 4.90 Å². The third-order valence-electron chi connectivity index (χ3n) is 2.77. The van der Waals surface area contributed by atoms with Crippen LogP contribution in [-0.2, 0) is 16.0 Å². The van der Waals surface area contributed by atoms with Gasteiger partial charge in [0, 0.05) is 12.1 Å². The molecule has 0 aromatic carbocycles. The topological polar surface area (TPSA) is 83.6 Å². The summed E-state index contributed by atoms with van der Waals surface area (Å²) in [6.45, 7) is 7.54. The molecule has 0 atom stereocenters. The third-order valence-corrected chi connectivity index (χ3v) is 2.77. The van der Waals surface area contributed by atoms with Gasteiger partial charge in [0.2, 0.25) is 5.91 Å². The Hall–Kier alpha value is -1.85. The zero-order chi connectivity index (χ0) is 14.6. The number of carboxylic acid groups (broad SMARTS) is 1. The van der Waals surface area contributed by atoms with Gasteiger partial charge in [-0.15, -0.1) is 0 Å². The second-order valence-electron chi connectivity index (χ2n) is 5.04. The molecule has 19 heavy (non-hydrogen) atoms. The fourth-order valence-corrected chi connectivity index (χ4v) is 1.88. The number of carbonyl (C=O) groups excluding carboxylic acids is 1. The van der Waals surface area contributed by atoms with Crippen molar-refractivity contribution in [3.63, 3.8) is 0 Å². The maximum absolute atomic E-state index is 12.2. The molecule has 0 bridgehead atoms. The van der Waals surface area contributed by atoms with Crippen molar-refractivity contribution in [2.24, 2.45) is 5.92 Å². The average molecular weight is 268 g/mol. The van der Waals surface area contributed by atoms with Crippen molar-refractivity contribution in [1.29, 1.82) is 0 Å². The van der Waals surface area contributed by atoms with Crippen molar-refractivity contribution in [3.05, 3.63) is 17.0 Å². The van der Waals surface area contributed by atoms with Crippen molar-refractivity contribution in [2.75, 3.05) is 13.1 Å². The fourth-order valence-electron chi connectivity index (χ4n) is 1.88. The van der Waals surface area contributed by atoms with Crippen LogP contribution in [0.1, 0.15) is 30.9 Å². The predicted molar refractivity (Wildman–Crippen MR) is 68.7 cm³/mol. The Labute approximate surface area is 112 Å². The van der Waals surface area contributed by atoms with Crippen molar-refractivity contribution in [3.8, 4) is 0 Å². The summed E-state index contributed by atoms with van der Waals surface area (Å²) in [6.07, 6.45) is 0.126. The normalized spacial score (nSPS) is 10.8. The highest BCUT2D eigenvalue weighted by atomic mass is 16.5. The molecule has 0 radical (unpaired) electrons. The van der Waals surface area contributed by atoms with E-state index in [9.17, 15) is 9.59 Å². The van der Waals surface area contributed by atoms with Crippen LogP contribution in [-0.4, -0.2) is 40.1 Å². The van der Waals surface area contributed by atoms with Crippen LogP contribution in [0.5, 0.6) is 0 Å². The molecule has 6 heteroatoms. The Kier molecular flexibility index (Phi) is 5.09. The predicted octanol–water partition coefficient (Wildman–Crippen LogP) is 1.40. The molecule has 0 aliphatic heterocycles. The number of aliphatic carboxylic acids is 1. The summed E-state index contributed by atoms with van der Waals surface area (Å²) in [7, 11) is 0. The molecule has 0 unspecified atom stereocenters. The van der Waals surface area contributed by atoms with Gasteiger partial charge < -0.3 is 14.5 Å². The summed E-state index contributed by atoms with van der Waals surface area (Å²) in [4.78, 5) is 24.3. The lowest BCUT2D eigenvalue weighted by atomic mass is 10.1. The molecule has 1 N–H and O–H groups in total. The molecule has 1 heterocycles. The first-order valence-electron chi connectivity index (χ1n) is 6.22. The van der Waals surface area contributed by atoms with Gasteiger partial charge in [0.05, 0.1) is 12.1 Å². The number of nitrogens with zero attached hydrogens (tertiary/aromatic N) is 2. The zero-order valence-electron chi connectivity index (χ0n) is 11.8. The number of aromatic nitrogens is 1. The molecule has 0 aliphatic rings. The first kappa shape index (κ1) is 15.2. The van der Waals surface area contributed by atoms with Crippen LogP contribution in [0.15, 0.2) is 4.52 Å². The molecule has 1 aromatic rings. The minimum absolute atomic E-state index is 0.126. The van der Waals surface area contributed by atoms with E-state index < -0.39 is 5.97 Å². The minimum atomic E-state index is -1.01. The lowest BCUT2D eigenvalue weighted by Gasteiger charge is -2.22. The average Bonchev–Trinajstić information content (AvgIpc) is 2.58. The van der Waals surface area contributed by atoms with Crippen LogP contribution < -0.4 is 0 Å². The standard InChI is InChI=1S/C13H20N2O4/c1-8(2)6-15(7-13(17)18)12(16)5-11-9(3)14-19-10(11)4/h8H,5-7H2,1-4H3,(H,17,18). The van der Waals surface area contributed by atoms with Crippen LogP contribution in [0.25, 0.3) is 0 Å². The molecule has 1 aromatic heterocycles. The maximum Gasteiger partial charge on any atom is 0.323 e.